The van der Waals surface area contributed by atoms with E-state index in [4.69, 9.17) is 0 Å². The number of carbonyl (C=O) groups excluding carboxylic acids is 1. The monoisotopic (exact) mass is 324 g/mol. The first kappa shape index (κ1) is 17.0. The van der Waals surface area contributed by atoms with Crippen LogP contribution in [0.1, 0.15) is 25.3 Å². The van der Waals surface area contributed by atoms with Crippen molar-refractivity contribution >= 4 is 16.7 Å². The molecule has 1 fully saturated rings. The molecule has 1 heterocycles. The highest BCUT2D eigenvalue weighted by atomic mass is 16.1. The number of likely N-dealkylation sites (tertiary alicyclic amines) is 1. The molecule has 0 radical (unpaired) electrons. The number of rotatable bonds is 5. The second kappa shape index (κ2) is 7.80. The van der Waals surface area contributed by atoms with E-state index in [0.717, 1.165) is 38.9 Å². The lowest BCUT2D eigenvalue weighted by Gasteiger charge is -2.28. The molecule has 128 valence electrons. The standard InChI is InChI=1S/C21H28N2O/c1-16(15-22-21(24)18-10-12-23(2)13-11-18)14-19-8-5-7-17-6-3-4-9-20(17)19/h3-9,16,18H,10-15H2,1-2H3,(H,22,24)/t16-/m0/s1. The zero-order valence-electron chi connectivity index (χ0n) is 14.8. The Kier molecular flexibility index (Phi) is 5.52. The molecule has 0 aliphatic carbocycles. The van der Waals surface area contributed by atoms with Crippen molar-refractivity contribution in [2.24, 2.45) is 11.8 Å². The van der Waals surface area contributed by atoms with Crippen LogP contribution in [0, 0.1) is 11.8 Å². The van der Waals surface area contributed by atoms with Gasteiger partial charge in [-0.05, 0) is 61.7 Å². The smallest absolute Gasteiger partial charge is 0.223 e. The van der Waals surface area contributed by atoms with Gasteiger partial charge in [0.2, 0.25) is 5.91 Å². The van der Waals surface area contributed by atoms with Crippen LogP contribution >= 0.6 is 0 Å². The first-order valence-electron chi connectivity index (χ1n) is 9.06. The van der Waals surface area contributed by atoms with Crippen LogP contribution in [0.2, 0.25) is 0 Å². The van der Waals surface area contributed by atoms with Gasteiger partial charge >= 0.3 is 0 Å². The second-order valence-corrected chi connectivity index (χ2v) is 7.27. The maximum Gasteiger partial charge on any atom is 0.223 e. The highest BCUT2D eigenvalue weighted by Gasteiger charge is 2.23. The number of nitrogens with zero attached hydrogens (tertiary/aromatic N) is 1. The minimum atomic E-state index is 0.200. The zero-order valence-corrected chi connectivity index (χ0v) is 14.8. The fourth-order valence-corrected chi connectivity index (χ4v) is 3.61. The maximum absolute atomic E-state index is 12.3. The molecule has 2 aromatic carbocycles. The molecule has 0 bridgehead atoms. The molecule has 0 spiro atoms. The van der Waals surface area contributed by atoms with Crippen LogP contribution in [0.5, 0.6) is 0 Å². The molecule has 1 atom stereocenters. The summed E-state index contributed by atoms with van der Waals surface area (Å²) in [5.41, 5.74) is 1.37. The molecule has 3 nitrogen and oxygen atoms in total. The van der Waals surface area contributed by atoms with Crippen LogP contribution in [0.3, 0.4) is 0 Å². The van der Waals surface area contributed by atoms with E-state index in [-0.39, 0.29) is 11.8 Å². The summed E-state index contributed by atoms with van der Waals surface area (Å²) in [6, 6.07) is 15.0. The van der Waals surface area contributed by atoms with Gasteiger partial charge in [0.05, 0.1) is 0 Å². The summed E-state index contributed by atoms with van der Waals surface area (Å²) in [6.45, 7) is 5.04. The van der Waals surface area contributed by atoms with E-state index in [1.54, 1.807) is 0 Å². The minimum Gasteiger partial charge on any atom is -0.356 e. The largest absolute Gasteiger partial charge is 0.356 e. The molecule has 1 aliphatic rings. The Hall–Kier alpha value is -1.87. The topological polar surface area (TPSA) is 32.3 Å². The van der Waals surface area contributed by atoms with Crippen molar-refractivity contribution in [1.82, 2.24) is 10.2 Å². The fraction of sp³-hybridized carbons (Fsp3) is 0.476. The van der Waals surface area contributed by atoms with Crippen LogP contribution in [0.15, 0.2) is 42.5 Å². The Morgan fingerprint density at radius 1 is 1.17 bits per heavy atom. The summed E-state index contributed by atoms with van der Waals surface area (Å²) in [5.74, 6) is 0.879. The predicted molar refractivity (Wildman–Crippen MR) is 100 cm³/mol. The van der Waals surface area contributed by atoms with Gasteiger partial charge < -0.3 is 10.2 Å². The number of fused-ring (bicyclic) bond motifs is 1. The van der Waals surface area contributed by atoms with Gasteiger partial charge in [-0.25, -0.2) is 0 Å². The number of piperidine rings is 1. The number of carbonyl (C=O) groups is 1. The zero-order chi connectivity index (χ0) is 16.9. The first-order chi connectivity index (χ1) is 11.6. The highest BCUT2D eigenvalue weighted by Crippen LogP contribution is 2.21. The van der Waals surface area contributed by atoms with E-state index >= 15 is 0 Å². The molecule has 1 saturated heterocycles. The van der Waals surface area contributed by atoms with Crippen LogP contribution in [0.25, 0.3) is 10.8 Å². The van der Waals surface area contributed by atoms with Gasteiger partial charge in [0, 0.05) is 12.5 Å². The van der Waals surface area contributed by atoms with Crippen molar-refractivity contribution in [3.05, 3.63) is 48.0 Å². The summed E-state index contributed by atoms with van der Waals surface area (Å²) in [5, 5.41) is 5.79. The molecule has 0 saturated carbocycles. The van der Waals surface area contributed by atoms with E-state index < -0.39 is 0 Å². The molecule has 1 N–H and O–H groups in total. The van der Waals surface area contributed by atoms with E-state index in [0.29, 0.717) is 5.92 Å². The Morgan fingerprint density at radius 2 is 1.88 bits per heavy atom. The van der Waals surface area contributed by atoms with Gasteiger partial charge in [-0.15, -0.1) is 0 Å². The molecule has 2 aromatic rings. The summed E-state index contributed by atoms with van der Waals surface area (Å²) in [7, 11) is 2.13. The third-order valence-electron chi connectivity index (χ3n) is 5.16. The summed E-state index contributed by atoms with van der Waals surface area (Å²) in [4.78, 5) is 14.6. The molecule has 3 heteroatoms. The van der Waals surface area contributed by atoms with Gasteiger partial charge in [0.25, 0.3) is 0 Å². The number of amides is 1. The van der Waals surface area contributed by atoms with E-state index in [2.05, 4.69) is 66.7 Å². The normalized spacial score (nSPS) is 17.8. The summed E-state index contributed by atoms with van der Waals surface area (Å²) < 4.78 is 0. The van der Waals surface area contributed by atoms with E-state index in [1.807, 2.05) is 0 Å². The molecule has 1 aliphatic heterocycles. The average Bonchev–Trinajstić information content (AvgIpc) is 2.61. The Morgan fingerprint density at radius 3 is 2.67 bits per heavy atom. The maximum atomic E-state index is 12.3. The quantitative estimate of drug-likeness (QED) is 0.913. The van der Waals surface area contributed by atoms with E-state index in [1.165, 1.54) is 16.3 Å². The molecule has 0 aromatic heterocycles. The lowest BCUT2D eigenvalue weighted by molar-refractivity contribution is -0.126. The van der Waals surface area contributed by atoms with Crippen LogP contribution in [-0.4, -0.2) is 37.5 Å². The molecule has 0 unspecified atom stereocenters. The fourth-order valence-electron chi connectivity index (χ4n) is 3.61. The lowest BCUT2D eigenvalue weighted by atomic mass is 9.94. The highest BCUT2D eigenvalue weighted by molar-refractivity contribution is 5.85. The molecule has 3 rings (SSSR count). The van der Waals surface area contributed by atoms with Gasteiger partial charge in [-0.2, -0.15) is 0 Å². The molecule has 1 amide bonds. The first-order valence-corrected chi connectivity index (χ1v) is 9.06. The van der Waals surface area contributed by atoms with Crippen LogP contribution in [-0.2, 0) is 11.2 Å². The predicted octanol–water partition coefficient (Wildman–Crippen LogP) is 3.48. The summed E-state index contributed by atoms with van der Waals surface area (Å²) in [6.07, 6.45) is 2.97. The van der Waals surface area contributed by atoms with Crippen molar-refractivity contribution in [3.63, 3.8) is 0 Å². The Labute approximate surface area is 145 Å². The van der Waals surface area contributed by atoms with Crippen molar-refractivity contribution in [3.8, 4) is 0 Å². The molecular weight excluding hydrogens is 296 g/mol. The molecule has 24 heavy (non-hydrogen) atoms. The van der Waals surface area contributed by atoms with Gasteiger partial charge in [0.1, 0.15) is 0 Å². The lowest BCUT2D eigenvalue weighted by Crippen LogP contribution is -2.40. The second-order valence-electron chi connectivity index (χ2n) is 7.27. The third kappa shape index (κ3) is 4.15. The van der Waals surface area contributed by atoms with Crippen LogP contribution < -0.4 is 5.32 Å². The number of hydrogen-bond acceptors (Lipinski definition) is 2. The SMILES string of the molecule is C[C@H](CNC(=O)C1CCN(C)CC1)Cc1cccc2ccccc12. The van der Waals surface area contributed by atoms with Crippen molar-refractivity contribution in [2.45, 2.75) is 26.2 Å². The van der Waals surface area contributed by atoms with Gasteiger partial charge in [-0.3, -0.25) is 4.79 Å². The van der Waals surface area contributed by atoms with Crippen molar-refractivity contribution < 1.29 is 4.79 Å². The van der Waals surface area contributed by atoms with Crippen LogP contribution in [0.4, 0.5) is 0 Å². The van der Waals surface area contributed by atoms with Gasteiger partial charge in [0.15, 0.2) is 0 Å². The van der Waals surface area contributed by atoms with Gasteiger partial charge in [-0.1, -0.05) is 49.4 Å². The average molecular weight is 324 g/mol. The Bertz CT molecular complexity index is 684. The number of benzene rings is 2. The third-order valence-corrected chi connectivity index (χ3v) is 5.16. The number of hydrogen-bond donors (Lipinski definition) is 1. The summed E-state index contributed by atoms with van der Waals surface area (Å²) >= 11 is 0. The molecular formula is C21H28N2O. The Balaban J connectivity index is 1.53. The minimum absolute atomic E-state index is 0.200. The van der Waals surface area contributed by atoms with E-state index in [9.17, 15) is 4.79 Å². The van der Waals surface area contributed by atoms with Crippen molar-refractivity contribution in [1.29, 1.82) is 0 Å². The number of nitrogens with one attached hydrogen (secondary N) is 1. The van der Waals surface area contributed by atoms with Crippen molar-refractivity contribution in [2.75, 3.05) is 26.7 Å².